The molecule has 1 aliphatic carbocycles. The first kappa shape index (κ1) is 15.8. The van der Waals surface area contributed by atoms with Crippen LogP contribution in [0.25, 0.3) is 22.1 Å². The van der Waals surface area contributed by atoms with Crippen molar-refractivity contribution >= 4 is 28.0 Å². The number of ether oxygens (including phenoxy) is 1. The smallest absolute Gasteiger partial charge is 0.329 e. The molecule has 134 valence electrons. The van der Waals surface area contributed by atoms with E-state index in [1.807, 2.05) is 24.3 Å². The molecule has 2 fully saturated rings. The van der Waals surface area contributed by atoms with Crippen LogP contribution in [0.1, 0.15) is 50.3 Å². The average Bonchev–Trinajstić information content (AvgIpc) is 3.41. The third-order valence-electron chi connectivity index (χ3n) is 5.47. The number of carbonyl (C=O) groups is 1. The van der Waals surface area contributed by atoms with Gasteiger partial charge in [-0.1, -0.05) is 25.0 Å². The fourth-order valence-corrected chi connectivity index (χ4v) is 4.07. The van der Waals surface area contributed by atoms with Crippen LogP contribution < -0.4 is 10.1 Å². The van der Waals surface area contributed by atoms with Gasteiger partial charge in [0.05, 0.1) is 0 Å². The second kappa shape index (κ2) is 6.36. The molecule has 3 heterocycles. The van der Waals surface area contributed by atoms with Gasteiger partial charge in [0.2, 0.25) is 5.58 Å². The van der Waals surface area contributed by atoms with Gasteiger partial charge in [-0.25, -0.2) is 9.78 Å². The monoisotopic (exact) mass is 351 g/mol. The van der Waals surface area contributed by atoms with Gasteiger partial charge >= 0.3 is 5.97 Å². The van der Waals surface area contributed by atoms with Crippen molar-refractivity contribution in [3.05, 3.63) is 30.1 Å². The van der Waals surface area contributed by atoms with Crippen LogP contribution in [0.3, 0.4) is 0 Å². The van der Waals surface area contributed by atoms with E-state index in [-0.39, 0.29) is 17.9 Å². The maximum atomic E-state index is 12.5. The lowest BCUT2D eigenvalue weighted by Gasteiger charge is -2.12. The Labute approximate surface area is 150 Å². The minimum absolute atomic E-state index is 0.256. The van der Waals surface area contributed by atoms with Gasteiger partial charge in [-0.3, -0.25) is 0 Å². The highest BCUT2D eigenvalue weighted by atomic mass is 16.5. The number of para-hydroxylation sites is 1. The zero-order chi connectivity index (χ0) is 17.5. The quantitative estimate of drug-likeness (QED) is 0.725. The number of esters is 1. The highest BCUT2D eigenvalue weighted by Gasteiger charge is 2.28. The summed E-state index contributed by atoms with van der Waals surface area (Å²) in [4.78, 5) is 21.9. The van der Waals surface area contributed by atoms with Crippen molar-refractivity contribution in [3.63, 3.8) is 0 Å². The first-order valence-electron chi connectivity index (χ1n) is 9.44. The van der Waals surface area contributed by atoms with E-state index in [1.54, 1.807) is 0 Å². The Bertz CT molecular complexity index is 969. The Morgan fingerprint density at radius 3 is 2.77 bits per heavy atom. The number of nitrogens with zero attached hydrogens (tertiary/aromatic N) is 2. The van der Waals surface area contributed by atoms with E-state index in [1.165, 1.54) is 12.8 Å². The Balaban J connectivity index is 1.62. The Morgan fingerprint density at radius 1 is 1.12 bits per heavy atom. The largest absolute Gasteiger partial charge is 0.449 e. The lowest BCUT2D eigenvalue weighted by atomic mass is 10.1. The number of fused-ring (bicyclic) bond motifs is 3. The van der Waals surface area contributed by atoms with Gasteiger partial charge < -0.3 is 14.5 Å². The Morgan fingerprint density at radius 2 is 1.96 bits per heavy atom. The van der Waals surface area contributed by atoms with Gasteiger partial charge in [0.15, 0.2) is 0 Å². The van der Waals surface area contributed by atoms with Gasteiger partial charge in [0.25, 0.3) is 5.88 Å². The van der Waals surface area contributed by atoms with Gasteiger partial charge in [0, 0.05) is 11.3 Å². The van der Waals surface area contributed by atoms with E-state index < -0.39 is 0 Å². The molecule has 6 nitrogen and oxygen atoms in total. The van der Waals surface area contributed by atoms with Crippen LogP contribution in [0.5, 0.6) is 5.88 Å². The van der Waals surface area contributed by atoms with Crippen LogP contribution in [0.4, 0.5) is 0 Å². The van der Waals surface area contributed by atoms with Crippen molar-refractivity contribution in [2.24, 2.45) is 0 Å². The molecule has 1 saturated heterocycles. The molecule has 0 amide bonds. The van der Waals surface area contributed by atoms with Gasteiger partial charge in [-0.05, 0) is 44.4 Å². The fourth-order valence-electron chi connectivity index (χ4n) is 4.07. The summed E-state index contributed by atoms with van der Waals surface area (Å²) in [5, 5.41) is 4.10. The van der Waals surface area contributed by atoms with Crippen molar-refractivity contribution in [2.45, 2.75) is 50.5 Å². The average molecular weight is 351 g/mol. The van der Waals surface area contributed by atoms with Gasteiger partial charge in [0.1, 0.15) is 23.0 Å². The van der Waals surface area contributed by atoms with E-state index in [4.69, 9.17) is 14.1 Å². The Hall–Kier alpha value is -2.47. The summed E-state index contributed by atoms with van der Waals surface area (Å²) in [7, 11) is 0. The standard InChI is InChI=1S/C20H21N3O3/c24-20(14-9-5-11-21-14)26-19-17-16(13-8-3-4-10-15(13)25-17)22-18(23-19)12-6-1-2-7-12/h3-4,8,10,12,14,21H,1-2,5-7,9,11H2/t14-/m0/s1. The molecule has 2 aromatic heterocycles. The first-order chi connectivity index (χ1) is 12.8. The van der Waals surface area contributed by atoms with Crippen LogP contribution in [-0.2, 0) is 4.79 Å². The summed E-state index contributed by atoms with van der Waals surface area (Å²) in [5.41, 5.74) is 1.93. The number of benzene rings is 1. The van der Waals surface area contributed by atoms with Crippen molar-refractivity contribution in [3.8, 4) is 5.88 Å². The molecular weight excluding hydrogens is 330 g/mol. The van der Waals surface area contributed by atoms with Gasteiger partial charge in [-0.15, -0.1) is 0 Å². The molecule has 1 aliphatic heterocycles. The lowest BCUT2D eigenvalue weighted by Crippen LogP contribution is -2.34. The zero-order valence-electron chi connectivity index (χ0n) is 14.5. The summed E-state index contributed by atoms with van der Waals surface area (Å²) < 4.78 is 11.6. The highest BCUT2D eigenvalue weighted by molar-refractivity contribution is 6.04. The molecule has 1 saturated carbocycles. The van der Waals surface area contributed by atoms with Crippen LogP contribution >= 0.6 is 0 Å². The summed E-state index contributed by atoms with van der Waals surface area (Å²) in [6.45, 7) is 0.844. The minimum atomic E-state index is -0.291. The lowest BCUT2D eigenvalue weighted by molar-refractivity contribution is -0.136. The van der Waals surface area contributed by atoms with Crippen LogP contribution in [0, 0.1) is 0 Å². The second-order valence-corrected chi connectivity index (χ2v) is 7.21. The van der Waals surface area contributed by atoms with Crippen molar-refractivity contribution in [1.29, 1.82) is 0 Å². The first-order valence-corrected chi connectivity index (χ1v) is 9.44. The molecule has 0 unspecified atom stereocenters. The maximum absolute atomic E-state index is 12.5. The summed E-state index contributed by atoms with van der Waals surface area (Å²) in [6, 6.07) is 7.50. The summed E-state index contributed by atoms with van der Waals surface area (Å²) in [5.74, 6) is 1.06. The molecule has 0 radical (unpaired) electrons. The number of nitrogens with one attached hydrogen (secondary N) is 1. The molecular formula is C20H21N3O3. The number of carbonyl (C=O) groups excluding carboxylic acids is 1. The normalized spacial score (nSPS) is 21.0. The molecule has 5 rings (SSSR count). The van der Waals surface area contributed by atoms with Crippen molar-refractivity contribution in [2.75, 3.05) is 6.54 Å². The Kier molecular flexibility index (Phi) is 3.85. The molecule has 26 heavy (non-hydrogen) atoms. The molecule has 1 atom stereocenters. The third-order valence-corrected chi connectivity index (χ3v) is 5.47. The van der Waals surface area contributed by atoms with Crippen molar-refractivity contribution in [1.82, 2.24) is 15.3 Å². The van der Waals surface area contributed by atoms with E-state index >= 15 is 0 Å². The summed E-state index contributed by atoms with van der Waals surface area (Å²) >= 11 is 0. The molecule has 1 aromatic carbocycles. The SMILES string of the molecule is O=C(Oc1nc(C2CCCC2)nc2c1oc1ccccc12)[C@@H]1CCCN1. The summed E-state index contributed by atoms with van der Waals surface area (Å²) in [6.07, 6.45) is 6.33. The molecule has 0 bridgehead atoms. The predicted molar refractivity (Wildman–Crippen MR) is 97.2 cm³/mol. The topological polar surface area (TPSA) is 77.2 Å². The molecule has 3 aromatic rings. The molecule has 2 aliphatic rings. The molecule has 0 spiro atoms. The van der Waals surface area contributed by atoms with Crippen LogP contribution in [0.2, 0.25) is 0 Å². The molecule has 6 heteroatoms. The predicted octanol–water partition coefficient (Wildman–Crippen LogP) is 3.69. The van der Waals surface area contributed by atoms with E-state index in [9.17, 15) is 4.79 Å². The van der Waals surface area contributed by atoms with E-state index in [0.717, 1.165) is 54.5 Å². The second-order valence-electron chi connectivity index (χ2n) is 7.21. The molecule has 1 N–H and O–H groups in total. The number of hydrogen-bond acceptors (Lipinski definition) is 6. The minimum Gasteiger partial charge on any atom is -0.449 e. The van der Waals surface area contributed by atoms with E-state index in [0.29, 0.717) is 11.5 Å². The van der Waals surface area contributed by atoms with Crippen LogP contribution in [0.15, 0.2) is 28.7 Å². The van der Waals surface area contributed by atoms with E-state index in [2.05, 4.69) is 10.3 Å². The number of hydrogen-bond donors (Lipinski definition) is 1. The third kappa shape index (κ3) is 2.65. The van der Waals surface area contributed by atoms with Crippen LogP contribution in [-0.4, -0.2) is 28.5 Å². The maximum Gasteiger partial charge on any atom is 0.329 e. The highest BCUT2D eigenvalue weighted by Crippen LogP contribution is 2.37. The number of furan rings is 1. The number of aromatic nitrogens is 2. The zero-order valence-corrected chi connectivity index (χ0v) is 14.5. The fraction of sp³-hybridized carbons (Fsp3) is 0.450. The van der Waals surface area contributed by atoms with Gasteiger partial charge in [-0.2, -0.15) is 4.98 Å². The van der Waals surface area contributed by atoms with Crippen molar-refractivity contribution < 1.29 is 13.9 Å². The number of rotatable bonds is 3.